The number of hydrogen-bond donors (Lipinski definition) is 0. The van der Waals surface area contributed by atoms with E-state index in [1.807, 2.05) is 47.5 Å². The Hall–Kier alpha value is -1.91. The van der Waals surface area contributed by atoms with Gasteiger partial charge in [0.1, 0.15) is 6.10 Å². The first-order valence-corrected chi connectivity index (χ1v) is 9.14. The van der Waals surface area contributed by atoms with Crippen LogP contribution in [0.1, 0.15) is 36.5 Å². The maximum Gasteiger partial charge on any atom is 0.233 e. The molecule has 2 aliphatic rings. The third kappa shape index (κ3) is 3.05. The molecule has 2 fully saturated rings. The van der Waals surface area contributed by atoms with Crippen molar-refractivity contribution >= 4 is 17.5 Å². The van der Waals surface area contributed by atoms with Crippen LogP contribution in [-0.2, 0) is 14.9 Å². The van der Waals surface area contributed by atoms with Gasteiger partial charge in [-0.15, -0.1) is 0 Å². The van der Waals surface area contributed by atoms with Crippen LogP contribution in [0.5, 0.6) is 0 Å². The molecule has 0 spiro atoms. The average molecular weight is 357 g/mol. The van der Waals surface area contributed by atoms with E-state index in [9.17, 15) is 4.79 Å². The van der Waals surface area contributed by atoms with Crippen LogP contribution in [0.2, 0.25) is 5.02 Å². The molecule has 1 aromatic carbocycles. The number of pyridine rings is 1. The van der Waals surface area contributed by atoms with Gasteiger partial charge in [0.2, 0.25) is 5.91 Å². The van der Waals surface area contributed by atoms with Crippen LogP contribution in [0, 0.1) is 0 Å². The summed E-state index contributed by atoms with van der Waals surface area (Å²) in [4.78, 5) is 19.5. The van der Waals surface area contributed by atoms with E-state index < -0.39 is 0 Å². The molecule has 1 amide bonds. The van der Waals surface area contributed by atoms with Crippen molar-refractivity contribution in [2.45, 2.75) is 30.8 Å². The van der Waals surface area contributed by atoms with Gasteiger partial charge >= 0.3 is 0 Å². The average Bonchev–Trinajstić information content (AvgIpc) is 2.63. The van der Waals surface area contributed by atoms with Crippen molar-refractivity contribution in [1.82, 2.24) is 9.88 Å². The Morgan fingerprint density at radius 2 is 2.04 bits per heavy atom. The molecular formula is C20H21ClN2O2. The number of rotatable bonds is 3. The summed E-state index contributed by atoms with van der Waals surface area (Å²) < 4.78 is 5.88. The third-order valence-corrected chi connectivity index (χ3v) is 5.68. The summed E-state index contributed by atoms with van der Waals surface area (Å²) in [6.07, 6.45) is 6.36. The van der Waals surface area contributed by atoms with Gasteiger partial charge in [-0.3, -0.25) is 9.78 Å². The lowest BCUT2D eigenvalue weighted by atomic mass is 9.63. The van der Waals surface area contributed by atoms with Crippen molar-refractivity contribution in [1.29, 1.82) is 0 Å². The number of halogens is 1. The number of aromatic nitrogens is 1. The monoisotopic (exact) mass is 356 g/mol. The molecule has 4 nitrogen and oxygen atoms in total. The zero-order valence-electron chi connectivity index (χ0n) is 14.0. The molecule has 1 saturated heterocycles. The molecule has 25 heavy (non-hydrogen) atoms. The Kier molecular flexibility index (Phi) is 4.48. The van der Waals surface area contributed by atoms with Crippen LogP contribution >= 0.6 is 11.6 Å². The van der Waals surface area contributed by atoms with E-state index in [1.54, 1.807) is 6.20 Å². The fraction of sp³-hybridized carbons (Fsp3) is 0.400. The molecule has 0 N–H and O–H groups in total. The van der Waals surface area contributed by atoms with E-state index in [0.717, 1.165) is 30.4 Å². The largest absolute Gasteiger partial charge is 0.370 e. The third-order valence-electron chi connectivity index (χ3n) is 5.42. The van der Waals surface area contributed by atoms with Gasteiger partial charge in [-0.25, -0.2) is 0 Å². The Labute approximate surface area is 152 Å². The predicted molar refractivity (Wildman–Crippen MR) is 96.5 cm³/mol. The summed E-state index contributed by atoms with van der Waals surface area (Å²) in [5.74, 6) is 0.221. The first-order valence-electron chi connectivity index (χ1n) is 8.76. The molecular weight excluding hydrogens is 336 g/mol. The van der Waals surface area contributed by atoms with Gasteiger partial charge in [0, 0.05) is 29.5 Å². The lowest BCUT2D eigenvalue weighted by Crippen LogP contribution is -2.54. The Bertz CT molecular complexity index is 744. The molecule has 5 heteroatoms. The minimum absolute atomic E-state index is 0.103. The topological polar surface area (TPSA) is 42.4 Å². The predicted octanol–water partition coefficient (Wildman–Crippen LogP) is 3.76. The lowest BCUT2D eigenvalue weighted by molar-refractivity contribution is -0.148. The van der Waals surface area contributed by atoms with Crippen LogP contribution in [-0.4, -0.2) is 35.5 Å². The van der Waals surface area contributed by atoms with Gasteiger partial charge in [-0.2, -0.15) is 0 Å². The Morgan fingerprint density at radius 1 is 1.24 bits per heavy atom. The number of benzene rings is 1. The first kappa shape index (κ1) is 16.6. The molecule has 130 valence electrons. The molecule has 0 radical (unpaired) electrons. The zero-order chi connectivity index (χ0) is 17.3. The van der Waals surface area contributed by atoms with Crippen molar-refractivity contribution in [2.24, 2.45) is 0 Å². The zero-order valence-corrected chi connectivity index (χ0v) is 14.8. The number of ether oxygens (including phenoxy) is 1. The van der Waals surface area contributed by atoms with E-state index in [4.69, 9.17) is 16.3 Å². The van der Waals surface area contributed by atoms with Crippen molar-refractivity contribution in [3.8, 4) is 0 Å². The van der Waals surface area contributed by atoms with Crippen LogP contribution in [0.3, 0.4) is 0 Å². The Balaban J connectivity index is 1.56. The minimum Gasteiger partial charge on any atom is -0.370 e. The summed E-state index contributed by atoms with van der Waals surface area (Å²) in [6, 6.07) is 11.7. The molecule has 2 aromatic rings. The fourth-order valence-electron chi connectivity index (χ4n) is 3.83. The normalized spacial score (nSPS) is 22.3. The van der Waals surface area contributed by atoms with E-state index in [-0.39, 0.29) is 17.4 Å². The minimum atomic E-state index is -0.387. The molecule has 1 aliphatic heterocycles. The van der Waals surface area contributed by atoms with Crippen molar-refractivity contribution in [2.75, 3.05) is 19.7 Å². The quantitative estimate of drug-likeness (QED) is 0.841. The van der Waals surface area contributed by atoms with Gasteiger partial charge in [-0.1, -0.05) is 36.2 Å². The van der Waals surface area contributed by atoms with Gasteiger partial charge in [0.05, 0.1) is 18.6 Å². The highest BCUT2D eigenvalue weighted by atomic mass is 35.5. The SMILES string of the molecule is O=C(N1CCO[C@H](c2cccnc2)C1)C1(c2ccc(Cl)cc2)CCC1. The highest BCUT2D eigenvalue weighted by Crippen LogP contribution is 2.46. The van der Waals surface area contributed by atoms with Gasteiger partial charge in [0.25, 0.3) is 0 Å². The maximum absolute atomic E-state index is 13.4. The van der Waals surface area contributed by atoms with E-state index in [2.05, 4.69) is 4.98 Å². The maximum atomic E-state index is 13.4. The highest BCUT2D eigenvalue weighted by Gasteiger charge is 2.48. The molecule has 1 aliphatic carbocycles. The number of amides is 1. The number of morpholine rings is 1. The highest BCUT2D eigenvalue weighted by molar-refractivity contribution is 6.30. The van der Waals surface area contributed by atoms with Crippen LogP contribution in [0.4, 0.5) is 0 Å². The second kappa shape index (κ2) is 6.77. The summed E-state index contributed by atoms with van der Waals surface area (Å²) in [5, 5.41) is 0.702. The van der Waals surface area contributed by atoms with Crippen LogP contribution in [0.25, 0.3) is 0 Å². The van der Waals surface area contributed by atoms with E-state index in [0.29, 0.717) is 24.7 Å². The van der Waals surface area contributed by atoms with Gasteiger partial charge in [0.15, 0.2) is 0 Å². The van der Waals surface area contributed by atoms with Crippen molar-refractivity contribution < 1.29 is 9.53 Å². The molecule has 0 bridgehead atoms. The molecule has 2 heterocycles. The molecule has 1 aromatic heterocycles. The van der Waals surface area contributed by atoms with Gasteiger partial charge < -0.3 is 9.64 Å². The smallest absolute Gasteiger partial charge is 0.233 e. The summed E-state index contributed by atoms with van der Waals surface area (Å²) >= 11 is 6.02. The Morgan fingerprint density at radius 3 is 2.68 bits per heavy atom. The van der Waals surface area contributed by atoms with Crippen LogP contribution in [0.15, 0.2) is 48.8 Å². The lowest BCUT2D eigenvalue weighted by Gasteiger charge is -2.46. The number of nitrogens with zero attached hydrogens (tertiary/aromatic N) is 2. The molecule has 0 unspecified atom stereocenters. The second-order valence-corrected chi connectivity index (χ2v) is 7.28. The molecule has 1 atom stereocenters. The number of carbonyl (C=O) groups is 1. The summed E-state index contributed by atoms with van der Waals surface area (Å²) in [6.45, 7) is 1.78. The summed E-state index contributed by atoms with van der Waals surface area (Å²) in [7, 11) is 0. The van der Waals surface area contributed by atoms with Crippen molar-refractivity contribution in [3.63, 3.8) is 0 Å². The van der Waals surface area contributed by atoms with E-state index >= 15 is 0 Å². The second-order valence-electron chi connectivity index (χ2n) is 6.84. The van der Waals surface area contributed by atoms with E-state index in [1.165, 1.54) is 0 Å². The number of carbonyl (C=O) groups excluding carboxylic acids is 1. The fourth-order valence-corrected chi connectivity index (χ4v) is 3.96. The first-order chi connectivity index (χ1) is 12.2. The molecule has 1 saturated carbocycles. The summed E-state index contributed by atoms with van der Waals surface area (Å²) in [5.41, 5.74) is 1.72. The van der Waals surface area contributed by atoms with Gasteiger partial charge in [-0.05, 0) is 36.6 Å². The molecule has 4 rings (SSSR count). The van der Waals surface area contributed by atoms with Crippen molar-refractivity contribution in [3.05, 3.63) is 64.9 Å². The standard InChI is InChI=1S/C20H21ClN2O2/c21-17-6-4-16(5-7-17)20(8-2-9-20)19(24)23-11-12-25-18(14-23)15-3-1-10-22-13-15/h1,3-7,10,13,18H,2,8-9,11-12,14H2/t18-/m0/s1. The van der Waals surface area contributed by atoms with Crippen LogP contribution < -0.4 is 0 Å². The number of hydrogen-bond acceptors (Lipinski definition) is 3.